The number of hydrogen-bond donors (Lipinski definition) is 5. The van der Waals surface area contributed by atoms with Gasteiger partial charge in [0.05, 0.1) is 44.9 Å². The van der Waals surface area contributed by atoms with E-state index in [0.717, 1.165) is 6.08 Å². The summed E-state index contributed by atoms with van der Waals surface area (Å²) in [7, 11) is 0. The van der Waals surface area contributed by atoms with Gasteiger partial charge in [-0.2, -0.15) is 0 Å². The minimum atomic E-state index is -1.78. The van der Waals surface area contributed by atoms with Crippen LogP contribution >= 0.6 is 0 Å². The van der Waals surface area contributed by atoms with Crippen LogP contribution in [0.15, 0.2) is 60.7 Å². The van der Waals surface area contributed by atoms with E-state index in [1.165, 1.54) is 12.1 Å². The van der Waals surface area contributed by atoms with Crippen molar-refractivity contribution in [2.24, 2.45) is 0 Å². The molecular formula is C30H18CoN4O8. The summed E-state index contributed by atoms with van der Waals surface area (Å²) in [6, 6.07) is 16.0. The maximum absolute atomic E-state index is 12.9. The number of H-pyrrole nitrogens is 1. The molecule has 0 saturated carbocycles. The summed E-state index contributed by atoms with van der Waals surface area (Å²) in [5.74, 6) is -4.95. The van der Waals surface area contributed by atoms with Crippen LogP contribution in [0.5, 0.6) is 0 Å². The minimum Gasteiger partial charge on any atom is -0.478 e. The number of aliphatic carboxylic acids is 1. The van der Waals surface area contributed by atoms with E-state index >= 15 is 0 Å². The molecule has 0 aliphatic carbocycles. The molecular weight excluding hydrogens is 603 g/mol. The third-order valence-electron chi connectivity index (χ3n) is 6.69. The van der Waals surface area contributed by atoms with E-state index in [2.05, 4.69) is 15.0 Å². The van der Waals surface area contributed by atoms with Gasteiger partial charge in [0.2, 0.25) is 0 Å². The standard InChI is InChI=1S/C30H18N4O8.Co/c35-27(36)20-12-19-11-17-7-6-15(31-17)10-16-8-9-18(32-16)13-21-22(14-4-2-1-3-5-14)23(28(37)38)26(34(21)30(41)42)24(29(39)40)25(20)33-19;/h1-13,31H,(H,35,36)(H,37,38)(H,39,40)(H,41,42);. The van der Waals surface area contributed by atoms with Crippen LogP contribution in [0.25, 0.3) is 57.0 Å². The molecule has 8 bridgehead atoms. The van der Waals surface area contributed by atoms with Crippen molar-refractivity contribution in [3.05, 3.63) is 94.6 Å². The fourth-order valence-corrected chi connectivity index (χ4v) is 5.06. The number of fused-ring (bicyclic) bond motifs is 8. The molecule has 0 spiro atoms. The van der Waals surface area contributed by atoms with Crippen molar-refractivity contribution < 1.29 is 56.4 Å². The first-order valence-electron chi connectivity index (χ1n) is 12.3. The molecule has 43 heavy (non-hydrogen) atoms. The number of benzene rings is 1. The van der Waals surface area contributed by atoms with Gasteiger partial charge in [0.1, 0.15) is 5.56 Å². The summed E-state index contributed by atoms with van der Waals surface area (Å²) in [6.45, 7) is 0. The minimum absolute atomic E-state index is 0. The second kappa shape index (κ2) is 10.9. The van der Waals surface area contributed by atoms with E-state index in [9.17, 15) is 39.6 Å². The Bertz CT molecular complexity index is 2110. The Morgan fingerprint density at radius 1 is 0.698 bits per heavy atom. The van der Waals surface area contributed by atoms with Gasteiger partial charge in [-0.3, -0.25) is 0 Å². The molecule has 13 heteroatoms. The number of rotatable bonds is 4. The summed E-state index contributed by atoms with van der Waals surface area (Å²) in [5.41, 5.74) is -1.49. The zero-order valence-corrected chi connectivity index (χ0v) is 22.6. The summed E-state index contributed by atoms with van der Waals surface area (Å²) in [4.78, 5) is 62.7. The van der Waals surface area contributed by atoms with Crippen molar-refractivity contribution in [2.45, 2.75) is 0 Å². The fraction of sp³-hybridized carbons (Fsp3) is 0. The number of hydrogen-bond acceptors (Lipinski definition) is 6. The Kier molecular flexibility index (Phi) is 7.27. The number of carbonyl (C=O) groups is 4. The Morgan fingerprint density at radius 2 is 1.30 bits per heavy atom. The van der Waals surface area contributed by atoms with Gasteiger partial charge in [-0.1, -0.05) is 30.3 Å². The van der Waals surface area contributed by atoms with E-state index in [1.807, 2.05) is 0 Å². The smallest absolute Gasteiger partial charge is 0.416 e. The summed E-state index contributed by atoms with van der Waals surface area (Å²) in [5, 5.41) is 41.3. The average Bonchev–Trinajstić information content (AvgIpc) is 3.71. The molecule has 12 nitrogen and oxygen atoms in total. The zero-order valence-electron chi connectivity index (χ0n) is 21.6. The first-order valence-corrected chi connectivity index (χ1v) is 12.3. The van der Waals surface area contributed by atoms with Gasteiger partial charge in [0.15, 0.2) is 0 Å². The SMILES string of the molecule is O=C(O)C1=Cc2cc3ccc(cc4nc(cc5c(-c6ccccc6)c(C(=O)O)c(c(C(=O)O)c1n2)n5C(=O)O)C=C4)[nH]3.[Co]. The molecule has 3 aromatic heterocycles. The molecule has 1 radical (unpaired) electrons. The van der Waals surface area contributed by atoms with Gasteiger partial charge in [-0.15, -0.1) is 0 Å². The number of carboxylic acids is 3. The number of nitrogens with zero attached hydrogens (tertiary/aromatic N) is 3. The Labute approximate surface area is 251 Å². The maximum Gasteiger partial charge on any atom is 0.416 e. The van der Waals surface area contributed by atoms with Crippen LogP contribution in [0.3, 0.4) is 0 Å². The van der Waals surface area contributed by atoms with E-state index in [4.69, 9.17) is 0 Å². The molecule has 0 atom stereocenters. The quantitative estimate of drug-likeness (QED) is 0.179. The zero-order chi connectivity index (χ0) is 29.7. The molecule has 6 rings (SSSR count). The number of aromatic nitrogens is 4. The van der Waals surface area contributed by atoms with Crippen molar-refractivity contribution >= 4 is 69.9 Å². The van der Waals surface area contributed by atoms with Gasteiger partial charge >= 0.3 is 24.0 Å². The number of carboxylic acid groups (broad SMARTS) is 4. The summed E-state index contributed by atoms with van der Waals surface area (Å²) in [6.07, 6.45) is 2.71. The maximum atomic E-state index is 12.9. The van der Waals surface area contributed by atoms with Crippen molar-refractivity contribution in [2.75, 3.05) is 0 Å². The molecule has 5 heterocycles. The van der Waals surface area contributed by atoms with Crippen LogP contribution in [0.1, 0.15) is 43.5 Å². The molecule has 4 aromatic rings. The van der Waals surface area contributed by atoms with E-state index in [0.29, 0.717) is 21.3 Å². The van der Waals surface area contributed by atoms with Crippen LogP contribution < -0.4 is 0 Å². The average molecular weight is 621 g/mol. The van der Waals surface area contributed by atoms with E-state index in [-0.39, 0.29) is 44.8 Å². The summed E-state index contributed by atoms with van der Waals surface area (Å²) < 4.78 is 0.527. The third kappa shape index (κ3) is 4.98. The van der Waals surface area contributed by atoms with Crippen molar-refractivity contribution in [3.63, 3.8) is 0 Å². The van der Waals surface area contributed by atoms with Gasteiger partial charge in [-0.05, 0) is 54.1 Å². The van der Waals surface area contributed by atoms with Crippen LogP contribution in [0.4, 0.5) is 4.79 Å². The first-order chi connectivity index (χ1) is 20.1. The van der Waals surface area contributed by atoms with Crippen molar-refractivity contribution in [3.8, 4) is 11.1 Å². The van der Waals surface area contributed by atoms with E-state index < -0.39 is 51.9 Å². The molecule has 2 aliphatic heterocycles. The monoisotopic (exact) mass is 621 g/mol. The first kappa shape index (κ1) is 28.7. The molecule has 0 amide bonds. The van der Waals surface area contributed by atoms with Crippen LogP contribution in [0.2, 0.25) is 0 Å². The van der Waals surface area contributed by atoms with Gasteiger partial charge < -0.3 is 25.4 Å². The molecule has 2 aliphatic rings. The van der Waals surface area contributed by atoms with Crippen LogP contribution in [-0.4, -0.2) is 63.9 Å². The summed E-state index contributed by atoms with van der Waals surface area (Å²) >= 11 is 0. The van der Waals surface area contributed by atoms with Gasteiger partial charge in [0, 0.05) is 33.4 Å². The van der Waals surface area contributed by atoms with Crippen molar-refractivity contribution in [1.82, 2.24) is 19.5 Å². The van der Waals surface area contributed by atoms with Crippen LogP contribution in [-0.2, 0) is 21.6 Å². The predicted molar refractivity (Wildman–Crippen MR) is 152 cm³/mol. The molecule has 5 N–H and O–H groups in total. The van der Waals surface area contributed by atoms with Gasteiger partial charge in [-0.25, -0.2) is 33.7 Å². The van der Waals surface area contributed by atoms with Gasteiger partial charge in [0.25, 0.3) is 0 Å². The molecule has 0 unspecified atom stereocenters. The Hall–Kier alpha value is -5.79. The normalized spacial score (nSPS) is 11.9. The molecule has 0 fully saturated rings. The largest absolute Gasteiger partial charge is 0.478 e. The molecule has 215 valence electrons. The number of aromatic amines is 1. The third-order valence-corrected chi connectivity index (χ3v) is 6.69. The number of nitrogens with one attached hydrogen (secondary N) is 1. The predicted octanol–water partition coefficient (Wildman–Crippen LogP) is 5.17. The molecule has 0 saturated heterocycles. The van der Waals surface area contributed by atoms with Crippen molar-refractivity contribution in [1.29, 1.82) is 0 Å². The van der Waals surface area contributed by atoms with Crippen LogP contribution in [0, 0.1) is 0 Å². The Balaban J connectivity index is 0.00000368. The molecule has 1 aromatic carbocycles. The topological polar surface area (TPSA) is 196 Å². The number of aromatic carboxylic acids is 2. The second-order valence-corrected chi connectivity index (χ2v) is 9.30. The second-order valence-electron chi connectivity index (χ2n) is 9.30. The fourth-order valence-electron chi connectivity index (χ4n) is 5.06. The Morgan fingerprint density at radius 3 is 1.88 bits per heavy atom. The van der Waals surface area contributed by atoms with E-state index in [1.54, 1.807) is 60.7 Å².